The first-order valence-corrected chi connectivity index (χ1v) is 8.51. The van der Waals surface area contributed by atoms with Crippen LogP contribution in [0.15, 0.2) is 58.5 Å². The number of nitrogens with zero attached hydrogens (tertiary/aromatic N) is 2. The molecule has 1 aromatic carbocycles. The monoisotopic (exact) mass is 324 g/mol. The van der Waals surface area contributed by atoms with Crippen molar-refractivity contribution < 1.29 is 0 Å². The maximum atomic E-state index is 4.53. The number of thiophene rings is 1. The third kappa shape index (κ3) is 2.54. The van der Waals surface area contributed by atoms with Crippen molar-refractivity contribution in [3.63, 3.8) is 0 Å². The normalized spacial score (nSPS) is 11.5. The van der Waals surface area contributed by atoms with Gasteiger partial charge >= 0.3 is 0 Å². The lowest BCUT2D eigenvalue weighted by molar-refractivity contribution is 1.29. The van der Waals surface area contributed by atoms with Crippen molar-refractivity contribution in [2.75, 3.05) is 5.43 Å². The maximum absolute atomic E-state index is 4.53. The van der Waals surface area contributed by atoms with Gasteiger partial charge in [0.15, 0.2) is 0 Å². The van der Waals surface area contributed by atoms with Crippen LogP contribution in [0.5, 0.6) is 0 Å². The lowest BCUT2D eigenvalue weighted by Gasteiger charge is -1.93. The molecule has 0 saturated heterocycles. The number of hydrazone groups is 1. The number of hydrogen-bond donors (Lipinski definition) is 2. The van der Waals surface area contributed by atoms with E-state index in [0.717, 1.165) is 27.3 Å². The molecule has 4 nitrogen and oxygen atoms in total. The first-order chi connectivity index (χ1) is 10.9. The van der Waals surface area contributed by atoms with E-state index in [4.69, 9.17) is 0 Å². The van der Waals surface area contributed by atoms with Crippen molar-refractivity contribution in [2.24, 2.45) is 5.10 Å². The van der Waals surface area contributed by atoms with E-state index in [0.29, 0.717) is 0 Å². The summed E-state index contributed by atoms with van der Waals surface area (Å²) in [7, 11) is 0. The van der Waals surface area contributed by atoms with Crippen molar-refractivity contribution in [2.45, 2.75) is 0 Å². The van der Waals surface area contributed by atoms with Gasteiger partial charge in [0.1, 0.15) is 0 Å². The van der Waals surface area contributed by atoms with Crippen LogP contribution in [0.1, 0.15) is 5.56 Å². The first-order valence-electron chi connectivity index (χ1n) is 6.75. The third-order valence-electron chi connectivity index (χ3n) is 3.26. The Morgan fingerprint density at radius 1 is 1.14 bits per heavy atom. The van der Waals surface area contributed by atoms with Gasteiger partial charge in [0.25, 0.3) is 0 Å². The average Bonchev–Trinajstić information content (AvgIpc) is 3.28. The zero-order valence-electron chi connectivity index (χ0n) is 11.5. The average molecular weight is 324 g/mol. The van der Waals surface area contributed by atoms with Crippen molar-refractivity contribution in [3.8, 4) is 10.6 Å². The minimum absolute atomic E-state index is 0.791. The van der Waals surface area contributed by atoms with Crippen molar-refractivity contribution in [1.82, 2.24) is 9.97 Å². The van der Waals surface area contributed by atoms with Crippen molar-refractivity contribution >= 4 is 44.9 Å². The zero-order chi connectivity index (χ0) is 14.8. The van der Waals surface area contributed by atoms with Crippen LogP contribution in [-0.4, -0.2) is 16.2 Å². The van der Waals surface area contributed by atoms with E-state index in [1.165, 1.54) is 4.88 Å². The molecular weight excluding hydrogens is 312 g/mol. The second-order valence-electron chi connectivity index (χ2n) is 4.67. The molecule has 0 unspecified atom stereocenters. The Morgan fingerprint density at radius 2 is 2.09 bits per heavy atom. The summed E-state index contributed by atoms with van der Waals surface area (Å²) in [5.41, 5.74) is 6.15. The second-order valence-corrected chi connectivity index (χ2v) is 6.48. The summed E-state index contributed by atoms with van der Waals surface area (Å²) in [6, 6.07) is 12.3. The molecule has 0 radical (unpaired) electrons. The Bertz CT molecular complexity index is 919. The minimum Gasteiger partial charge on any atom is -0.361 e. The molecular formula is C16H12N4S2. The van der Waals surface area contributed by atoms with Gasteiger partial charge in [0.2, 0.25) is 5.13 Å². The number of rotatable bonds is 4. The van der Waals surface area contributed by atoms with Gasteiger partial charge in [-0.15, -0.1) is 22.7 Å². The fourth-order valence-corrected chi connectivity index (χ4v) is 3.64. The number of benzene rings is 1. The summed E-state index contributed by atoms with van der Waals surface area (Å²) in [5, 5.41) is 10.3. The number of para-hydroxylation sites is 1. The number of nitrogens with one attached hydrogen (secondary N) is 2. The highest BCUT2D eigenvalue weighted by Gasteiger charge is 2.04. The molecule has 3 heterocycles. The molecule has 4 aromatic rings. The number of aromatic amines is 1. The molecule has 0 atom stereocenters. The van der Waals surface area contributed by atoms with E-state index in [9.17, 15) is 0 Å². The number of thiazole rings is 1. The predicted octanol–water partition coefficient (Wildman–Crippen LogP) is 4.80. The number of anilines is 1. The predicted molar refractivity (Wildman–Crippen MR) is 94.9 cm³/mol. The van der Waals surface area contributed by atoms with Gasteiger partial charge in [-0.25, -0.2) is 4.98 Å². The molecule has 0 amide bonds. The summed E-state index contributed by atoms with van der Waals surface area (Å²) < 4.78 is 0. The summed E-state index contributed by atoms with van der Waals surface area (Å²) in [5.74, 6) is 0. The van der Waals surface area contributed by atoms with Crippen LogP contribution < -0.4 is 5.43 Å². The lowest BCUT2D eigenvalue weighted by Crippen LogP contribution is -1.89. The fourth-order valence-electron chi connectivity index (χ4n) is 2.22. The van der Waals surface area contributed by atoms with Crippen LogP contribution in [0.25, 0.3) is 21.5 Å². The molecule has 0 aliphatic rings. The Kier molecular flexibility index (Phi) is 3.46. The number of hydrogen-bond acceptors (Lipinski definition) is 5. The molecule has 22 heavy (non-hydrogen) atoms. The number of fused-ring (bicyclic) bond motifs is 1. The Morgan fingerprint density at radius 3 is 3.00 bits per heavy atom. The molecule has 0 saturated carbocycles. The SMILES string of the molecule is C(=N\Nc1nc(-c2cccs2)cs1)/c1c[nH]c2ccccc12. The van der Waals surface area contributed by atoms with E-state index in [2.05, 4.69) is 38.0 Å². The second kappa shape index (κ2) is 5.75. The van der Waals surface area contributed by atoms with Gasteiger partial charge in [-0.05, 0) is 17.5 Å². The van der Waals surface area contributed by atoms with Crippen LogP contribution in [0.3, 0.4) is 0 Å². The molecule has 3 aromatic heterocycles. The van der Waals surface area contributed by atoms with Crippen molar-refractivity contribution in [1.29, 1.82) is 0 Å². The van der Waals surface area contributed by atoms with Gasteiger partial charge in [-0.1, -0.05) is 24.3 Å². The van der Waals surface area contributed by atoms with E-state index in [1.807, 2.05) is 42.1 Å². The van der Waals surface area contributed by atoms with Gasteiger partial charge in [-0.3, -0.25) is 5.43 Å². The quantitative estimate of drug-likeness (QED) is 0.418. The van der Waals surface area contributed by atoms with Crippen LogP contribution >= 0.6 is 22.7 Å². The Balaban J connectivity index is 1.50. The summed E-state index contributed by atoms with van der Waals surface area (Å²) in [6.07, 6.45) is 3.76. The molecule has 2 N–H and O–H groups in total. The largest absolute Gasteiger partial charge is 0.361 e. The highest BCUT2D eigenvalue weighted by atomic mass is 32.1. The van der Waals surface area contributed by atoms with Gasteiger partial charge in [-0.2, -0.15) is 5.10 Å². The number of aromatic nitrogens is 2. The van der Waals surface area contributed by atoms with Crippen molar-refractivity contribution in [3.05, 3.63) is 58.9 Å². The smallest absolute Gasteiger partial charge is 0.203 e. The molecule has 0 fully saturated rings. The van der Waals surface area contributed by atoms with Crippen LogP contribution in [0.2, 0.25) is 0 Å². The highest BCUT2D eigenvalue weighted by Crippen LogP contribution is 2.28. The molecule has 4 rings (SSSR count). The van der Waals surface area contributed by atoms with Crippen LogP contribution in [-0.2, 0) is 0 Å². The summed E-state index contributed by atoms with van der Waals surface area (Å²) >= 11 is 3.24. The molecule has 6 heteroatoms. The Labute approximate surface area is 135 Å². The van der Waals surface area contributed by atoms with E-state index in [-0.39, 0.29) is 0 Å². The van der Waals surface area contributed by atoms with Gasteiger partial charge < -0.3 is 4.98 Å². The topological polar surface area (TPSA) is 53.1 Å². The van der Waals surface area contributed by atoms with Gasteiger partial charge in [0, 0.05) is 28.0 Å². The lowest BCUT2D eigenvalue weighted by atomic mass is 10.2. The van der Waals surface area contributed by atoms with E-state index in [1.54, 1.807) is 22.7 Å². The molecule has 0 aliphatic heterocycles. The van der Waals surface area contributed by atoms with Gasteiger partial charge in [0.05, 0.1) is 16.8 Å². The summed E-state index contributed by atoms with van der Waals surface area (Å²) in [4.78, 5) is 8.93. The number of H-pyrrole nitrogens is 1. The first kappa shape index (κ1) is 13.2. The van der Waals surface area contributed by atoms with E-state index >= 15 is 0 Å². The molecule has 0 bridgehead atoms. The third-order valence-corrected chi connectivity index (χ3v) is 4.90. The Hall–Kier alpha value is -2.44. The van der Waals surface area contributed by atoms with Crippen LogP contribution in [0, 0.1) is 0 Å². The summed E-state index contributed by atoms with van der Waals surface area (Å²) in [6.45, 7) is 0. The zero-order valence-corrected chi connectivity index (χ0v) is 13.1. The van der Waals surface area contributed by atoms with E-state index < -0.39 is 0 Å². The molecule has 0 spiro atoms. The molecule has 0 aliphatic carbocycles. The fraction of sp³-hybridized carbons (Fsp3) is 0. The standard InChI is InChI=1S/C16H12N4S2/c1-2-5-13-12(4-1)11(8-17-13)9-18-20-16-19-14(10-22-16)15-6-3-7-21-15/h1-10,17H,(H,19,20)/b18-9+. The maximum Gasteiger partial charge on any atom is 0.203 e. The highest BCUT2D eigenvalue weighted by molar-refractivity contribution is 7.15. The molecule has 108 valence electrons. The minimum atomic E-state index is 0.791. The van der Waals surface area contributed by atoms with Crippen LogP contribution in [0.4, 0.5) is 5.13 Å².